The van der Waals surface area contributed by atoms with Crippen molar-refractivity contribution in [2.75, 3.05) is 26.8 Å². The molecule has 0 bridgehead atoms. The summed E-state index contributed by atoms with van der Waals surface area (Å²) >= 11 is 0. The Kier molecular flexibility index (Phi) is 4.32. The maximum Gasteiger partial charge on any atom is 0.128 e. The third-order valence-electron chi connectivity index (χ3n) is 3.90. The minimum Gasteiger partial charge on any atom is -0.496 e. The summed E-state index contributed by atoms with van der Waals surface area (Å²) in [5, 5.41) is 9.43. The zero-order chi connectivity index (χ0) is 14.9. The molecule has 0 radical (unpaired) electrons. The zero-order valence-electron chi connectivity index (χ0n) is 12.3. The second-order valence-electron chi connectivity index (χ2n) is 6.12. The van der Waals surface area contributed by atoms with Gasteiger partial charge in [-0.25, -0.2) is 4.39 Å². The molecule has 0 saturated heterocycles. The summed E-state index contributed by atoms with van der Waals surface area (Å²) < 4.78 is 19.5. The van der Waals surface area contributed by atoms with E-state index in [4.69, 9.17) is 10.5 Å². The Morgan fingerprint density at radius 3 is 2.75 bits per heavy atom. The standard InChI is InChI=1S/C15H23FN2O2/c1-15(2,9-19)8-18-7-10-13(20-3)5-4-11(16)14(10)12(18)6-17/h4-5,12,19H,6-9,17H2,1-3H3. The third-order valence-corrected chi connectivity index (χ3v) is 3.90. The van der Waals surface area contributed by atoms with Crippen molar-refractivity contribution >= 4 is 0 Å². The Balaban J connectivity index is 2.36. The van der Waals surface area contributed by atoms with Crippen molar-refractivity contribution in [1.82, 2.24) is 4.90 Å². The van der Waals surface area contributed by atoms with E-state index in [1.807, 2.05) is 13.8 Å². The number of aliphatic hydroxyl groups is 1. The molecule has 4 nitrogen and oxygen atoms in total. The molecule has 1 heterocycles. The first-order chi connectivity index (χ1) is 9.43. The molecule has 0 aliphatic carbocycles. The van der Waals surface area contributed by atoms with E-state index in [1.165, 1.54) is 6.07 Å². The van der Waals surface area contributed by atoms with Crippen molar-refractivity contribution in [2.45, 2.75) is 26.4 Å². The fourth-order valence-electron chi connectivity index (χ4n) is 2.86. The molecule has 0 aromatic heterocycles. The van der Waals surface area contributed by atoms with Gasteiger partial charge in [-0.05, 0) is 12.1 Å². The molecule has 2 rings (SSSR count). The summed E-state index contributed by atoms with van der Waals surface area (Å²) in [4.78, 5) is 2.12. The van der Waals surface area contributed by atoms with E-state index in [-0.39, 0.29) is 23.9 Å². The SMILES string of the molecule is COc1ccc(F)c2c1CN(CC(C)(C)CO)C2CN. The lowest BCUT2D eigenvalue weighted by Gasteiger charge is -2.32. The second-order valence-corrected chi connectivity index (χ2v) is 6.12. The smallest absolute Gasteiger partial charge is 0.128 e. The van der Waals surface area contributed by atoms with Crippen LogP contribution in [0.15, 0.2) is 12.1 Å². The molecule has 0 spiro atoms. The summed E-state index contributed by atoms with van der Waals surface area (Å²) in [7, 11) is 1.59. The van der Waals surface area contributed by atoms with Crippen LogP contribution in [0.25, 0.3) is 0 Å². The number of aliphatic hydroxyl groups excluding tert-OH is 1. The molecule has 0 amide bonds. The Labute approximate surface area is 119 Å². The van der Waals surface area contributed by atoms with Gasteiger partial charge in [0.05, 0.1) is 13.2 Å². The predicted molar refractivity (Wildman–Crippen MR) is 76.0 cm³/mol. The average Bonchev–Trinajstić information content (AvgIpc) is 2.77. The first kappa shape index (κ1) is 15.2. The van der Waals surface area contributed by atoms with Crippen LogP contribution in [0.2, 0.25) is 0 Å². The number of benzene rings is 1. The van der Waals surface area contributed by atoms with E-state index in [2.05, 4.69) is 4.90 Å². The Hall–Kier alpha value is -1.17. The molecule has 20 heavy (non-hydrogen) atoms. The predicted octanol–water partition coefficient (Wildman–Crippen LogP) is 1.67. The molecular weight excluding hydrogens is 259 g/mol. The van der Waals surface area contributed by atoms with Crippen LogP contribution in [0.3, 0.4) is 0 Å². The maximum atomic E-state index is 14.1. The largest absolute Gasteiger partial charge is 0.496 e. The number of nitrogens with zero attached hydrogens (tertiary/aromatic N) is 1. The van der Waals surface area contributed by atoms with Gasteiger partial charge in [-0.1, -0.05) is 13.8 Å². The quantitative estimate of drug-likeness (QED) is 0.862. The first-order valence-corrected chi connectivity index (χ1v) is 6.83. The number of rotatable bonds is 5. The van der Waals surface area contributed by atoms with Crippen LogP contribution in [0.4, 0.5) is 4.39 Å². The number of fused-ring (bicyclic) bond motifs is 1. The number of hydrogen-bond acceptors (Lipinski definition) is 4. The van der Waals surface area contributed by atoms with E-state index in [1.54, 1.807) is 13.2 Å². The molecule has 1 atom stereocenters. The van der Waals surface area contributed by atoms with Gasteiger partial charge in [0.2, 0.25) is 0 Å². The van der Waals surface area contributed by atoms with Gasteiger partial charge in [0, 0.05) is 42.8 Å². The fraction of sp³-hybridized carbons (Fsp3) is 0.600. The minimum atomic E-state index is -0.251. The van der Waals surface area contributed by atoms with E-state index in [0.717, 1.165) is 5.56 Å². The lowest BCUT2D eigenvalue weighted by molar-refractivity contribution is 0.0838. The van der Waals surface area contributed by atoms with E-state index >= 15 is 0 Å². The Bertz CT molecular complexity index is 491. The molecule has 5 heteroatoms. The van der Waals surface area contributed by atoms with Gasteiger partial charge >= 0.3 is 0 Å². The molecule has 1 unspecified atom stereocenters. The van der Waals surface area contributed by atoms with Crippen LogP contribution in [0.5, 0.6) is 5.75 Å². The van der Waals surface area contributed by atoms with Crippen LogP contribution in [0.1, 0.15) is 31.0 Å². The number of ether oxygens (including phenoxy) is 1. The summed E-state index contributed by atoms with van der Waals surface area (Å²) in [6.45, 7) is 5.65. The molecule has 1 aromatic carbocycles. The Morgan fingerprint density at radius 1 is 1.50 bits per heavy atom. The molecule has 0 fully saturated rings. The molecule has 0 saturated carbocycles. The zero-order valence-corrected chi connectivity index (χ0v) is 12.3. The van der Waals surface area contributed by atoms with Crippen LogP contribution >= 0.6 is 0 Å². The summed E-state index contributed by atoms with van der Waals surface area (Å²) in [5.74, 6) is 0.463. The maximum absolute atomic E-state index is 14.1. The summed E-state index contributed by atoms with van der Waals surface area (Å²) in [6.07, 6.45) is 0. The van der Waals surface area contributed by atoms with Gasteiger partial charge in [-0.3, -0.25) is 4.90 Å². The number of nitrogens with two attached hydrogens (primary N) is 1. The minimum absolute atomic E-state index is 0.0801. The molecular formula is C15H23FN2O2. The molecule has 1 aromatic rings. The van der Waals surface area contributed by atoms with Gasteiger partial charge in [-0.2, -0.15) is 0 Å². The molecule has 1 aliphatic heterocycles. The number of methoxy groups -OCH3 is 1. The van der Waals surface area contributed by atoms with Crippen molar-refractivity contribution in [3.05, 3.63) is 29.1 Å². The topological polar surface area (TPSA) is 58.7 Å². The van der Waals surface area contributed by atoms with Crippen molar-refractivity contribution in [2.24, 2.45) is 11.1 Å². The number of halogens is 1. The van der Waals surface area contributed by atoms with Crippen LogP contribution < -0.4 is 10.5 Å². The van der Waals surface area contributed by atoms with Crippen LogP contribution in [-0.2, 0) is 6.54 Å². The highest BCUT2D eigenvalue weighted by atomic mass is 19.1. The van der Waals surface area contributed by atoms with Crippen molar-refractivity contribution in [3.8, 4) is 5.75 Å². The van der Waals surface area contributed by atoms with E-state index < -0.39 is 0 Å². The normalized spacial score (nSPS) is 19.2. The Morgan fingerprint density at radius 2 is 2.20 bits per heavy atom. The molecule has 1 aliphatic rings. The van der Waals surface area contributed by atoms with E-state index in [9.17, 15) is 9.50 Å². The van der Waals surface area contributed by atoms with Gasteiger partial charge < -0.3 is 15.6 Å². The van der Waals surface area contributed by atoms with Gasteiger partial charge in [0.1, 0.15) is 11.6 Å². The van der Waals surface area contributed by atoms with E-state index in [0.29, 0.717) is 30.9 Å². The fourth-order valence-corrected chi connectivity index (χ4v) is 2.86. The molecule has 3 N–H and O–H groups in total. The lowest BCUT2D eigenvalue weighted by Crippen LogP contribution is -2.37. The monoisotopic (exact) mass is 282 g/mol. The molecule has 112 valence electrons. The van der Waals surface area contributed by atoms with Gasteiger partial charge in [0.15, 0.2) is 0 Å². The third kappa shape index (κ3) is 2.66. The summed E-state index contributed by atoms with van der Waals surface area (Å²) in [5.41, 5.74) is 7.11. The summed E-state index contributed by atoms with van der Waals surface area (Å²) in [6, 6.07) is 2.93. The lowest BCUT2D eigenvalue weighted by atomic mass is 9.93. The first-order valence-electron chi connectivity index (χ1n) is 6.83. The number of hydrogen-bond donors (Lipinski definition) is 2. The van der Waals surface area contributed by atoms with Gasteiger partial charge in [-0.15, -0.1) is 0 Å². The van der Waals surface area contributed by atoms with Crippen LogP contribution in [-0.4, -0.2) is 36.8 Å². The second kappa shape index (κ2) is 5.68. The highest BCUT2D eigenvalue weighted by Gasteiger charge is 2.36. The van der Waals surface area contributed by atoms with Crippen molar-refractivity contribution in [3.63, 3.8) is 0 Å². The van der Waals surface area contributed by atoms with Gasteiger partial charge in [0.25, 0.3) is 0 Å². The van der Waals surface area contributed by atoms with Crippen molar-refractivity contribution < 1.29 is 14.2 Å². The highest BCUT2D eigenvalue weighted by Crippen LogP contribution is 2.41. The van der Waals surface area contributed by atoms with Crippen LogP contribution in [0, 0.1) is 11.2 Å². The van der Waals surface area contributed by atoms with Crippen molar-refractivity contribution in [1.29, 1.82) is 0 Å². The highest BCUT2D eigenvalue weighted by molar-refractivity contribution is 5.45. The average molecular weight is 282 g/mol.